The predicted octanol–water partition coefficient (Wildman–Crippen LogP) is 2.88. The van der Waals surface area contributed by atoms with E-state index in [-0.39, 0.29) is 17.6 Å². The SMILES string of the molecule is COCCNC(=O)CSc1ccccc1C(=O)N(C)Cc1cccs1. The molecule has 0 fully saturated rings. The summed E-state index contributed by atoms with van der Waals surface area (Å²) in [6.07, 6.45) is 0. The zero-order valence-electron chi connectivity index (χ0n) is 14.4. The fourth-order valence-electron chi connectivity index (χ4n) is 2.17. The van der Waals surface area contributed by atoms with Gasteiger partial charge in [0, 0.05) is 30.5 Å². The molecule has 0 atom stereocenters. The minimum Gasteiger partial charge on any atom is -0.383 e. The lowest BCUT2D eigenvalue weighted by molar-refractivity contribution is -0.118. The summed E-state index contributed by atoms with van der Waals surface area (Å²) >= 11 is 3.00. The summed E-state index contributed by atoms with van der Waals surface area (Å²) < 4.78 is 4.90. The number of nitrogens with zero attached hydrogens (tertiary/aromatic N) is 1. The number of methoxy groups -OCH3 is 1. The normalized spacial score (nSPS) is 10.5. The van der Waals surface area contributed by atoms with Gasteiger partial charge in [0.25, 0.3) is 5.91 Å². The molecule has 7 heteroatoms. The number of carbonyl (C=O) groups is 2. The van der Waals surface area contributed by atoms with Crippen molar-refractivity contribution in [3.63, 3.8) is 0 Å². The quantitative estimate of drug-likeness (QED) is 0.538. The van der Waals surface area contributed by atoms with Crippen LogP contribution in [0.2, 0.25) is 0 Å². The second-order valence-corrected chi connectivity index (χ2v) is 7.42. The molecule has 5 nitrogen and oxygen atoms in total. The van der Waals surface area contributed by atoms with Gasteiger partial charge < -0.3 is 15.0 Å². The third-order valence-corrected chi connectivity index (χ3v) is 5.36. The number of benzene rings is 1. The van der Waals surface area contributed by atoms with Crippen LogP contribution < -0.4 is 5.32 Å². The van der Waals surface area contributed by atoms with Crippen molar-refractivity contribution < 1.29 is 14.3 Å². The summed E-state index contributed by atoms with van der Waals surface area (Å²) in [5, 5.41) is 4.78. The molecule has 2 amide bonds. The minimum absolute atomic E-state index is 0.0451. The largest absolute Gasteiger partial charge is 0.383 e. The van der Waals surface area contributed by atoms with Crippen molar-refractivity contribution in [2.24, 2.45) is 0 Å². The molecule has 0 saturated heterocycles. The van der Waals surface area contributed by atoms with Crippen LogP contribution in [0.25, 0.3) is 0 Å². The van der Waals surface area contributed by atoms with E-state index in [1.807, 2.05) is 35.7 Å². The Morgan fingerprint density at radius 3 is 2.76 bits per heavy atom. The lowest BCUT2D eigenvalue weighted by Crippen LogP contribution is -2.29. The first-order valence-corrected chi connectivity index (χ1v) is 9.73. The van der Waals surface area contributed by atoms with E-state index in [2.05, 4.69) is 5.32 Å². The molecule has 1 heterocycles. The molecule has 0 spiro atoms. The fourth-order valence-corrected chi connectivity index (χ4v) is 3.80. The highest BCUT2D eigenvalue weighted by Crippen LogP contribution is 2.24. The van der Waals surface area contributed by atoms with Crippen molar-refractivity contribution in [3.05, 3.63) is 52.2 Å². The molecule has 25 heavy (non-hydrogen) atoms. The molecule has 1 aromatic carbocycles. The summed E-state index contributed by atoms with van der Waals surface area (Å²) in [7, 11) is 3.39. The number of amides is 2. The third kappa shape index (κ3) is 6.19. The summed E-state index contributed by atoms with van der Waals surface area (Å²) in [6, 6.07) is 11.4. The summed E-state index contributed by atoms with van der Waals surface area (Å²) in [5.41, 5.74) is 0.622. The lowest BCUT2D eigenvalue weighted by Gasteiger charge is -2.18. The van der Waals surface area contributed by atoms with E-state index >= 15 is 0 Å². The van der Waals surface area contributed by atoms with Gasteiger partial charge in [0.2, 0.25) is 5.91 Å². The molecule has 1 aromatic heterocycles. The van der Waals surface area contributed by atoms with Crippen molar-refractivity contribution >= 4 is 34.9 Å². The molecule has 0 bridgehead atoms. The Morgan fingerprint density at radius 1 is 1.24 bits per heavy atom. The van der Waals surface area contributed by atoms with E-state index in [0.717, 1.165) is 9.77 Å². The molecular weight excluding hydrogens is 356 g/mol. The molecule has 0 aliphatic heterocycles. The minimum atomic E-state index is -0.0729. The number of hydrogen-bond donors (Lipinski definition) is 1. The molecular formula is C18H22N2O3S2. The Bertz CT molecular complexity index is 689. The van der Waals surface area contributed by atoms with Crippen LogP contribution in [0.4, 0.5) is 0 Å². The number of hydrogen-bond acceptors (Lipinski definition) is 5. The first-order valence-electron chi connectivity index (χ1n) is 7.87. The number of thioether (sulfide) groups is 1. The highest BCUT2D eigenvalue weighted by molar-refractivity contribution is 8.00. The molecule has 2 aromatic rings. The number of nitrogens with one attached hydrogen (secondary N) is 1. The molecule has 1 N–H and O–H groups in total. The number of carbonyl (C=O) groups excluding carboxylic acids is 2. The van der Waals surface area contributed by atoms with E-state index in [9.17, 15) is 9.59 Å². The summed E-state index contributed by atoms with van der Waals surface area (Å²) in [6.45, 7) is 1.55. The van der Waals surface area contributed by atoms with Gasteiger partial charge in [-0.1, -0.05) is 18.2 Å². The van der Waals surface area contributed by atoms with Crippen LogP contribution in [0.1, 0.15) is 15.2 Å². The Balaban J connectivity index is 1.96. The van der Waals surface area contributed by atoms with Crippen LogP contribution in [0.15, 0.2) is 46.7 Å². The summed E-state index contributed by atoms with van der Waals surface area (Å²) in [4.78, 5) is 28.2. The van der Waals surface area contributed by atoms with Gasteiger partial charge in [0.1, 0.15) is 0 Å². The van der Waals surface area contributed by atoms with Gasteiger partial charge in [-0.15, -0.1) is 23.1 Å². The Morgan fingerprint density at radius 2 is 2.04 bits per heavy atom. The zero-order valence-corrected chi connectivity index (χ0v) is 16.0. The van der Waals surface area contributed by atoms with Crippen LogP contribution in [-0.2, 0) is 16.1 Å². The van der Waals surface area contributed by atoms with Crippen LogP contribution in [-0.4, -0.2) is 49.8 Å². The second kappa shape index (κ2) is 10.2. The monoisotopic (exact) mass is 378 g/mol. The Labute approximate surface area is 156 Å². The topological polar surface area (TPSA) is 58.6 Å². The predicted molar refractivity (Wildman–Crippen MR) is 102 cm³/mol. The molecule has 0 aliphatic rings. The van der Waals surface area contributed by atoms with Gasteiger partial charge in [-0.3, -0.25) is 9.59 Å². The molecule has 0 aliphatic carbocycles. The van der Waals surface area contributed by atoms with Crippen LogP contribution >= 0.6 is 23.1 Å². The average molecular weight is 379 g/mol. The molecule has 0 unspecified atom stereocenters. The van der Waals surface area contributed by atoms with Crippen molar-refractivity contribution in [2.75, 3.05) is 33.1 Å². The van der Waals surface area contributed by atoms with Gasteiger partial charge in [0.15, 0.2) is 0 Å². The first-order chi connectivity index (χ1) is 12.1. The fraction of sp³-hybridized carbons (Fsp3) is 0.333. The number of thiophene rings is 1. The van der Waals surface area contributed by atoms with Gasteiger partial charge in [-0.25, -0.2) is 0 Å². The van der Waals surface area contributed by atoms with Gasteiger partial charge in [0.05, 0.1) is 24.5 Å². The maximum atomic E-state index is 12.7. The first kappa shape index (κ1) is 19.5. The van der Waals surface area contributed by atoms with E-state index in [4.69, 9.17) is 4.74 Å². The van der Waals surface area contributed by atoms with Gasteiger partial charge >= 0.3 is 0 Å². The number of rotatable bonds is 9. The second-order valence-electron chi connectivity index (χ2n) is 5.37. The van der Waals surface area contributed by atoms with E-state index < -0.39 is 0 Å². The maximum absolute atomic E-state index is 12.7. The van der Waals surface area contributed by atoms with Gasteiger partial charge in [-0.2, -0.15) is 0 Å². The smallest absolute Gasteiger partial charge is 0.255 e. The average Bonchev–Trinajstić information content (AvgIpc) is 3.12. The van der Waals surface area contributed by atoms with E-state index in [1.165, 1.54) is 11.8 Å². The number of ether oxygens (including phenoxy) is 1. The van der Waals surface area contributed by atoms with Crippen LogP contribution in [0.3, 0.4) is 0 Å². The van der Waals surface area contributed by atoms with Crippen LogP contribution in [0.5, 0.6) is 0 Å². The Kier molecular flexibility index (Phi) is 7.97. The highest BCUT2D eigenvalue weighted by atomic mass is 32.2. The zero-order chi connectivity index (χ0) is 18.1. The third-order valence-electron chi connectivity index (χ3n) is 3.42. The van der Waals surface area contributed by atoms with Gasteiger partial charge in [-0.05, 0) is 23.6 Å². The molecule has 134 valence electrons. The Hall–Kier alpha value is -1.83. The lowest BCUT2D eigenvalue weighted by atomic mass is 10.2. The van der Waals surface area contributed by atoms with Crippen molar-refractivity contribution in [3.8, 4) is 0 Å². The van der Waals surface area contributed by atoms with Crippen molar-refractivity contribution in [1.82, 2.24) is 10.2 Å². The highest BCUT2D eigenvalue weighted by Gasteiger charge is 2.17. The maximum Gasteiger partial charge on any atom is 0.255 e. The standard InChI is InChI=1S/C18H22N2O3S2/c1-20(12-14-6-5-11-24-14)18(22)15-7-3-4-8-16(15)25-13-17(21)19-9-10-23-2/h3-8,11H,9-10,12-13H2,1-2H3,(H,19,21). The molecule has 0 saturated carbocycles. The van der Waals surface area contributed by atoms with E-state index in [0.29, 0.717) is 25.3 Å². The van der Waals surface area contributed by atoms with Crippen molar-refractivity contribution in [2.45, 2.75) is 11.4 Å². The molecule has 0 radical (unpaired) electrons. The van der Waals surface area contributed by atoms with Crippen LogP contribution in [0, 0.1) is 0 Å². The van der Waals surface area contributed by atoms with Crippen molar-refractivity contribution in [1.29, 1.82) is 0 Å². The van der Waals surface area contributed by atoms with E-state index in [1.54, 1.807) is 36.5 Å². The summed E-state index contributed by atoms with van der Waals surface area (Å²) in [5.74, 6) is 0.148. The molecule has 2 rings (SSSR count).